The highest BCUT2D eigenvalue weighted by molar-refractivity contribution is 8.67. The molecule has 0 spiro atoms. The molecule has 1 rings (SSSR count). The number of nitrogens with zero attached hydrogens (tertiary/aromatic N) is 1. The smallest absolute Gasteiger partial charge is 0.269 e. The van der Waals surface area contributed by atoms with Crippen LogP contribution < -0.4 is 0 Å². The first-order valence-corrected chi connectivity index (χ1v) is 10.0. The average Bonchev–Trinajstić information content (AvgIpc) is 2.37. The highest BCUT2D eigenvalue weighted by Gasteiger charge is 2.18. The molecule has 0 amide bonds. The summed E-state index contributed by atoms with van der Waals surface area (Å²) in [5.74, 6) is 0.620. The number of rotatable bonds is 8. The van der Waals surface area contributed by atoms with Crippen LogP contribution in [0.1, 0.15) is 19.4 Å². The monoisotopic (exact) mass is 321 g/mol. The van der Waals surface area contributed by atoms with Crippen LogP contribution in [-0.2, 0) is 26.6 Å². The third-order valence-electron chi connectivity index (χ3n) is 2.11. The molecule has 0 aliphatic heterocycles. The Hall–Kier alpha value is -0.460. The summed E-state index contributed by atoms with van der Waals surface area (Å²) >= 11 is 6.84. The number of hydrogen-bond donors (Lipinski definition) is 0. The maximum Gasteiger partial charge on any atom is 0.269 e. The standard InChI is InChI=1S/C11H16NO4PS2/c1-3-15-17(18,16-4-2)19-9-10-5-7-11(8-6-10)12(13)14/h5-8H,3-4,9H2,1-2H3. The zero-order valence-corrected chi connectivity index (χ0v) is 13.3. The van der Waals surface area contributed by atoms with E-state index in [-0.39, 0.29) is 5.69 Å². The van der Waals surface area contributed by atoms with Crippen molar-refractivity contribution in [3.63, 3.8) is 0 Å². The quantitative estimate of drug-likeness (QED) is 0.408. The van der Waals surface area contributed by atoms with Crippen LogP contribution in [0.15, 0.2) is 24.3 Å². The summed E-state index contributed by atoms with van der Waals surface area (Å²) < 4.78 is 11.0. The van der Waals surface area contributed by atoms with Gasteiger partial charge in [-0.1, -0.05) is 23.5 Å². The summed E-state index contributed by atoms with van der Waals surface area (Å²) in [5.41, 5.74) is -1.25. The zero-order chi connectivity index (χ0) is 14.3. The highest BCUT2D eigenvalue weighted by Crippen LogP contribution is 2.61. The second kappa shape index (κ2) is 7.97. The average molecular weight is 321 g/mol. The van der Waals surface area contributed by atoms with Crippen molar-refractivity contribution in [1.29, 1.82) is 0 Å². The summed E-state index contributed by atoms with van der Waals surface area (Å²) in [6, 6.07) is 6.42. The second-order valence-electron chi connectivity index (χ2n) is 3.48. The molecule has 8 heteroatoms. The van der Waals surface area contributed by atoms with Gasteiger partial charge in [0.05, 0.1) is 18.1 Å². The van der Waals surface area contributed by atoms with Gasteiger partial charge in [0.2, 0.25) is 5.69 Å². The lowest BCUT2D eigenvalue weighted by molar-refractivity contribution is -0.384. The summed E-state index contributed by atoms with van der Waals surface area (Å²) in [4.78, 5) is 10.1. The third kappa shape index (κ3) is 5.58. The molecule has 0 N–H and O–H groups in total. The molecule has 0 bridgehead atoms. The van der Waals surface area contributed by atoms with Crippen LogP contribution in [0.4, 0.5) is 5.69 Å². The maximum atomic E-state index is 10.5. The highest BCUT2D eigenvalue weighted by atomic mass is 32.9. The van der Waals surface area contributed by atoms with Crippen LogP contribution >= 0.6 is 17.1 Å². The summed E-state index contributed by atoms with van der Waals surface area (Å²) in [6.07, 6.45) is 0. The first-order chi connectivity index (χ1) is 9.00. The molecule has 19 heavy (non-hydrogen) atoms. The summed E-state index contributed by atoms with van der Waals surface area (Å²) in [5, 5.41) is 10.5. The number of non-ortho nitro benzene ring substituents is 1. The normalized spacial score (nSPS) is 11.5. The van der Waals surface area contributed by atoms with Crippen LogP contribution in [0.5, 0.6) is 0 Å². The van der Waals surface area contributed by atoms with Crippen LogP contribution in [0.25, 0.3) is 0 Å². The molecule has 106 valence electrons. The lowest BCUT2D eigenvalue weighted by atomic mass is 10.2. The van der Waals surface area contributed by atoms with Gasteiger partial charge in [-0.15, -0.1) is 0 Å². The van der Waals surface area contributed by atoms with Crippen molar-refractivity contribution in [3.05, 3.63) is 39.9 Å². The zero-order valence-electron chi connectivity index (χ0n) is 10.8. The molecule has 5 nitrogen and oxygen atoms in total. The molecule has 0 aliphatic rings. The maximum absolute atomic E-state index is 10.5. The summed E-state index contributed by atoms with van der Waals surface area (Å²) in [7, 11) is 0. The van der Waals surface area contributed by atoms with Gasteiger partial charge >= 0.3 is 0 Å². The van der Waals surface area contributed by atoms with Crippen molar-refractivity contribution >= 4 is 34.6 Å². The minimum atomic E-state index is -2.30. The van der Waals surface area contributed by atoms with Gasteiger partial charge in [-0.05, 0) is 31.2 Å². The molecule has 1 aromatic rings. The Balaban J connectivity index is 2.64. The van der Waals surface area contributed by atoms with E-state index in [0.29, 0.717) is 19.0 Å². The van der Waals surface area contributed by atoms with E-state index in [1.807, 2.05) is 13.8 Å². The van der Waals surface area contributed by atoms with Crippen molar-refractivity contribution < 1.29 is 14.0 Å². The van der Waals surface area contributed by atoms with Crippen molar-refractivity contribution in [3.8, 4) is 0 Å². The van der Waals surface area contributed by atoms with Crippen molar-refractivity contribution in [2.45, 2.75) is 19.6 Å². The molecule has 0 unspecified atom stereocenters. The molecule has 0 atom stereocenters. The van der Waals surface area contributed by atoms with Gasteiger partial charge < -0.3 is 9.05 Å². The lowest BCUT2D eigenvalue weighted by Crippen LogP contribution is -1.93. The van der Waals surface area contributed by atoms with E-state index in [4.69, 9.17) is 20.9 Å². The Morgan fingerprint density at radius 2 is 1.79 bits per heavy atom. The fourth-order valence-electron chi connectivity index (χ4n) is 1.30. The number of nitro groups is 1. The molecule has 0 aromatic heterocycles. The Morgan fingerprint density at radius 3 is 2.21 bits per heavy atom. The van der Waals surface area contributed by atoms with Crippen LogP contribution in [0.2, 0.25) is 0 Å². The molecule has 0 saturated heterocycles. The molecule has 0 saturated carbocycles. The third-order valence-corrected chi connectivity index (χ3v) is 7.59. The fraction of sp³-hybridized carbons (Fsp3) is 0.455. The van der Waals surface area contributed by atoms with E-state index in [1.165, 1.54) is 23.5 Å². The van der Waals surface area contributed by atoms with Crippen LogP contribution in [0, 0.1) is 10.1 Å². The SMILES string of the molecule is CCOP(=S)(OCC)SCc1ccc([N+](=O)[O-])cc1. The van der Waals surface area contributed by atoms with Gasteiger partial charge in [0.15, 0.2) is 0 Å². The Kier molecular flexibility index (Phi) is 6.96. The molecular weight excluding hydrogens is 305 g/mol. The number of benzene rings is 1. The van der Waals surface area contributed by atoms with Gasteiger partial charge in [0.25, 0.3) is 5.69 Å². The summed E-state index contributed by atoms with van der Waals surface area (Å²) in [6.45, 7) is 4.80. The predicted molar refractivity (Wildman–Crippen MR) is 81.9 cm³/mol. The molecule has 0 fully saturated rings. The van der Waals surface area contributed by atoms with Gasteiger partial charge in [-0.2, -0.15) is 0 Å². The Morgan fingerprint density at radius 1 is 1.26 bits per heavy atom. The first kappa shape index (κ1) is 16.6. The molecule has 1 aromatic carbocycles. The van der Waals surface area contributed by atoms with E-state index < -0.39 is 10.6 Å². The largest absolute Gasteiger partial charge is 0.322 e. The van der Waals surface area contributed by atoms with Gasteiger partial charge in [0, 0.05) is 17.9 Å². The van der Waals surface area contributed by atoms with Gasteiger partial charge in [0.1, 0.15) is 0 Å². The topological polar surface area (TPSA) is 61.6 Å². The van der Waals surface area contributed by atoms with E-state index in [0.717, 1.165) is 5.56 Å². The lowest BCUT2D eigenvalue weighted by Gasteiger charge is -2.19. The second-order valence-corrected chi connectivity index (χ2v) is 9.79. The molecule has 0 heterocycles. The minimum absolute atomic E-state index is 0.0859. The first-order valence-electron chi connectivity index (χ1n) is 5.77. The number of hydrogen-bond acceptors (Lipinski definition) is 6. The molecule has 0 radical (unpaired) electrons. The number of nitro benzene ring substituents is 1. The predicted octanol–water partition coefficient (Wildman–Crippen LogP) is 4.13. The fourth-order valence-corrected chi connectivity index (χ4v) is 5.76. The molecule has 0 aliphatic carbocycles. The Labute approximate surface area is 121 Å². The van der Waals surface area contributed by atoms with Crippen molar-refractivity contribution in [2.75, 3.05) is 13.2 Å². The minimum Gasteiger partial charge on any atom is -0.322 e. The van der Waals surface area contributed by atoms with Gasteiger partial charge in [-0.3, -0.25) is 10.1 Å². The van der Waals surface area contributed by atoms with E-state index in [1.54, 1.807) is 12.1 Å². The van der Waals surface area contributed by atoms with Crippen LogP contribution in [0.3, 0.4) is 0 Å². The molecular formula is C11H16NO4PS2. The van der Waals surface area contributed by atoms with E-state index in [9.17, 15) is 10.1 Å². The van der Waals surface area contributed by atoms with Crippen LogP contribution in [-0.4, -0.2) is 18.1 Å². The van der Waals surface area contributed by atoms with Gasteiger partial charge in [-0.25, -0.2) is 0 Å². The van der Waals surface area contributed by atoms with E-state index >= 15 is 0 Å². The van der Waals surface area contributed by atoms with Crippen molar-refractivity contribution in [2.24, 2.45) is 0 Å². The Bertz CT molecular complexity index is 456. The van der Waals surface area contributed by atoms with E-state index in [2.05, 4.69) is 0 Å². The van der Waals surface area contributed by atoms with Crippen molar-refractivity contribution in [1.82, 2.24) is 0 Å².